The van der Waals surface area contributed by atoms with Crippen LogP contribution in [-0.2, 0) is 26.4 Å². The zero-order chi connectivity index (χ0) is 30.8. The van der Waals surface area contributed by atoms with Gasteiger partial charge in [0.15, 0.2) is 0 Å². The van der Waals surface area contributed by atoms with Crippen LogP contribution < -0.4 is 16.0 Å². The highest BCUT2D eigenvalue weighted by Crippen LogP contribution is 2.34. The van der Waals surface area contributed by atoms with Crippen LogP contribution in [-0.4, -0.2) is 71.0 Å². The quantitative estimate of drug-likeness (QED) is 0.331. The molecular formula is C29H36FN3O8S. The van der Waals surface area contributed by atoms with Gasteiger partial charge in [-0.1, -0.05) is 0 Å². The van der Waals surface area contributed by atoms with E-state index < -0.39 is 34.7 Å². The Hall–Kier alpha value is -3.55. The summed E-state index contributed by atoms with van der Waals surface area (Å²) in [4.78, 5) is 56.8. The summed E-state index contributed by atoms with van der Waals surface area (Å²) in [7, 11) is 1.41. The molecule has 0 saturated carbocycles. The van der Waals surface area contributed by atoms with E-state index in [-0.39, 0.29) is 58.7 Å². The molecule has 0 aliphatic carbocycles. The molecule has 3 heterocycles. The lowest BCUT2D eigenvalue weighted by molar-refractivity contribution is -0.138. The average Bonchev–Trinajstić information content (AvgIpc) is 3.61. The number of carbonyl (C=O) groups excluding carboxylic acids is 2. The second-order valence-electron chi connectivity index (χ2n) is 10.5. The number of hydrogen-bond donors (Lipinski definition) is 1. The van der Waals surface area contributed by atoms with Gasteiger partial charge < -0.3 is 24.2 Å². The molecule has 228 valence electrons. The predicted molar refractivity (Wildman–Crippen MR) is 155 cm³/mol. The lowest BCUT2D eigenvalue weighted by Gasteiger charge is -2.31. The number of esters is 1. The fourth-order valence-electron chi connectivity index (χ4n) is 5.35. The monoisotopic (exact) mass is 605 g/mol. The number of aromatic nitrogens is 2. The number of methoxy groups -OCH3 is 1. The summed E-state index contributed by atoms with van der Waals surface area (Å²) in [5, 5.41) is 9.60. The van der Waals surface area contributed by atoms with Crippen molar-refractivity contribution in [3.05, 3.63) is 60.9 Å². The summed E-state index contributed by atoms with van der Waals surface area (Å²) >= 11 is 0.924. The Morgan fingerprint density at radius 2 is 1.88 bits per heavy atom. The molecule has 42 heavy (non-hydrogen) atoms. The van der Waals surface area contributed by atoms with Crippen molar-refractivity contribution in [3.63, 3.8) is 0 Å². The molecular weight excluding hydrogens is 569 g/mol. The van der Waals surface area contributed by atoms with Gasteiger partial charge in [0, 0.05) is 18.7 Å². The number of rotatable bonds is 11. The molecule has 4 rings (SSSR count). The van der Waals surface area contributed by atoms with Crippen molar-refractivity contribution < 1.29 is 33.3 Å². The summed E-state index contributed by atoms with van der Waals surface area (Å²) < 4.78 is 33.1. The Bertz CT molecular complexity index is 1600. The van der Waals surface area contributed by atoms with Gasteiger partial charge in [-0.05, 0) is 64.3 Å². The van der Waals surface area contributed by atoms with Crippen LogP contribution in [0.3, 0.4) is 0 Å². The van der Waals surface area contributed by atoms with Gasteiger partial charge in [-0.15, -0.1) is 11.3 Å². The second kappa shape index (κ2) is 12.8. The maximum atomic E-state index is 14.4. The molecule has 1 aliphatic heterocycles. The van der Waals surface area contributed by atoms with Gasteiger partial charge in [0.25, 0.3) is 5.56 Å². The second-order valence-corrected chi connectivity index (χ2v) is 11.5. The molecule has 0 unspecified atom stereocenters. The number of hydrogen-bond acceptors (Lipinski definition) is 9. The summed E-state index contributed by atoms with van der Waals surface area (Å²) in [6.07, 6.45) is 0.637. The normalized spacial score (nSPS) is 14.4. The molecule has 11 nitrogen and oxygen atoms in total. The zero-order valence-electron chi connectivity index (χ0n) is 24.4. The molecule has 1 atom stereocenters. The average molecular weight is 606 g/mol. The standard InChI is InChI=1S/C29H36FN3O8S/c1-6-40-26(36)23-17(2)22-24(35)33(29(3,4)27(37)31-11-7-8-12-31)28(38)32(25(22)42-23)16-21(41-14-13-34)19-15-18(30)9-10-20(19)39-5/h9-10,15,21,34H,6-8,11-14,16H2,1-5H3/t21-/m0/s1. The number of halogens is 1. The molecule has 2 aromatic heterocycles. The van der Waals surface area contributed by atoms with Gasteiger partial charge in [0.1, 0.15) is 32.9 Å². The molecule has 0 spiro atoms. The van der Waals surface area contributed by atoms with Crippen molar-refractivity contribution in [1.29, 1.82) is 0 Å². The van der Waals surface area contributed by atoms with Gasteiger partial charge in [0.2, 0.25) is 5.91 Å². The Balaban J connectivity index is 2.01. The minimum Gasteiger partial charge on any atom is -0.496 e. The predicted octanol–water partition coefficient (Wildman–Crippen LogP) is 2.97. The Morgan fingerprint density at radius 1 is 1.19 bits per heavy atom. The van der Waals surface area contributed by atoms with Crippen LogP contribution in [0.5, 0.6) is 5.75 Å². The number of fused-ring (bicyclic) bond motifs is 1. The van der Waals surface area contributed by atoms with E-state index in [1.807, 2.05) is 0 Å². The van der Waals surface area contributed by atoms with E-state index in [0.717, 1.165) is 28.7 Å². The van der Waals surface area contributed by atoms with E-state index in [0.29, 0.717) is 18.7 Å². The van der Waals surface area contributed by atoms with Crippen molar-refractivity contribution in [3.8, 4) is 5.75 Å². The number of likely N-dealkylation sites (tertiary alicyclic amines) is 1. The molecule has 1 aromatic carbocycles. The number of thiophene rings is 1. The molecule has 1 N–H and O–H groups in total. The van der Waals surface area contributed by atoms with Crippen molar-refractivity contribution in [2.45, 2.75) is 58.7 Å². The first-order valence-corrected chi connectivity index (χ1v) is 14.6. The summed E-state index contributed by atoms with van der Waals surface area (Å²) in [5.41, 5.74) is -2.47. The Morgan fingerprint density at radius 3 is 2.50 bits per heavy atom. The minimum absolute atomic E-state index is 0.0945. The van der Waals surface area contributed by atoms with Crippen LogP contribution >= 0.6 is 11.3 Å². The van der Waals surface area contributed by atoms with Gasteiger partial charge in [-0.25, -0.2) is 18.5 Å². The molecule has 1 fully saturated rings. The van der Waals surface area contributed by atoms with E-state index >= 15 is 0 Å². The molecule has 1 amide bonds. The van der Waals surface area contributed by atoms with Crippen LogP contribution in [0.2, 0.25) is 0 Å². The minimum atomic E-state index is -1.56. The van der Waals surface area contributed by atoms with E-state index in [1.54, 1.807) is 18.7 Å². The smallest absolute Gasteiger partial charge is 0.348 e. The number of amides is 1. The fourth-order valence-corrected chi connectivity index (χ4v) is 6.55. The SMILES string of the molecule is CCOC(=O)c1sc2c(c1C)c(=O)n(C(C)(C)C(=O)N1CCCC1)c(=O)n2C[C@H](OCCO)c1cc(F)ccc1OC. The first-order valence-electron chi connectivity index (χ1n) is 13.8. The van der Waals surface area contributed by atoms with Gasteiger partial charge >= 0.3 is 11.7 Å². The van der Waals surface area contributed by atoms with Crippen molar-refractivity contribution in [1.82, 2.24) is 14.0 Å². The van der Waals surface area contributed by atoms with Crippen molar-refractivity contribution >= 4 is 33.4 Å². The number of benzene rings is 1. The summed E-state index contributed by atoms with van der Waals surface area (Å²) in [5.74, 6) is -1.30. The number of aliphatic hydroxyl groups excluding tert-OH is 1. The molecule has 0 bridgehead atoms. The fraction of sp³-hybridized carbons (Fsp3) is 0.517. The van der Waals surface area contributed by atoms with Gasteiger partial charge in [-0.2, -0.15) is 0 Å². The number of carbonyl (C=O) groups is 2. The largest absolute Gasteiger partial charge is 0.496 e. The molecule has 1 aliphatic rings. The first kappa shape index (κ1) is 31.4. The van der Waals surface area contributed by atoms with E-state index in [1.165, 1.54) is 43.7 Å². The van der Waals surface area contributed by atoms with E-state index in [4.69, 9.17) is 14.2 Å². The Labute approximate surface area is 246 Å². The topological polar surface area (TPSA) is 129 Å². The maximum absolute atomic E-state index is 14.4. The third-order valence-corrected chi connectivity index (χ3v) is 8.74. The zero-order valence-corrected chi connectivity index (χ0v) is 25.2. The highest BCUT2D eigenvalue weighted by Gasteiger charge is 2.39. The lowest BCUT2D eigenvalue weighted by Crippen LogP contribution is -2.56. The number of ether oxygens (including phenoxy) is 3. The highest BCUT2D eigenvalue weighted by atomic mass is 32.1. The van der Waals surface area contributed by atoms with Crippen LogP contribution in [0.4, 0.5) is 4.39 Å². The maximum Gasteiger partial charge on any atom is 0.348 e. The molecule has 13 heteroatoms. The van der Waals surface area contributed by atoms with E-state index in [2.05, 4.69) is 0 Å². The van der Waals surface area contributed by atoms with Gasteiger partial charge in [0.05, 0.1) is 38.9 Å². The number of nitrogens with zero attached hydrogens (tertiary/aromatic N) is 3. The van der Waals surface area contributed by atoms with Crippen molar-refractivity contribution in [2.75, 3.05) is 40.0 Å². The molecule has 1 saturated heterocycles. The van der Waals surface area contributed by atoms with Crippen LogP contribution in [0.1, 0.15) is 60.5 Å². The number of aryl methyl sites for hydroxylation is 1. The summed E-state index contributed by atoms with van der Waals surface area (Å²) in [6.45, 7) is 6.72. The first-order chi connectivity index (χ1) is 20.0. The van der Waals surface area contributed by atoms with Crippen molar-refractivity contribution in [2.24, 2.45) is 0 Å². The van der Waals surface area contributed by atoms with Gasteiger partial charge in [-0.3, -0.25) is 14.2 Å². The van der Waals surface area contributed by atoms with E-state index in [9.17, 15) is 28.7 Å². The third-order valence-electron chi connectivity index (χ3n) is 7.45. The molecule has 0 radical (unpaired) electrons. The highest BCUT2D eigenvalue weighted by molar-refractivity contribution is 7.20. The summed E-state index contributed by atoms with van der Waals surface area (Å²) in [6, 6.07) is 3.85. The van der Waals surface area contributed by atoms with Crippen LogP contribution in [0, 0.1) is 12.7 Å². The van der Waals surface area contributed by atoms with Crippen LogP contribution in [0.25, 0.3) is 10.2 Å². The third kappa shape index (κ3) is 5.72. The number of aliphatic hydroxyl groups is 1. The lowest BCUT2D eigenvalue weighted by atomic mass is 10.0. The Kier molecular flexibility index (Phi) is 9.53. The van der Waals surface area contributed by atoms with Crippen LogP contribution in [0.15, 0.2) is 27.8 Å². The molecule has 3 aromatic rings.